The first-order valence-electron chi connectivity index (χ1n) is 11.3. The van der Waals surface area contributed by atoms with E-state index in [4.69, 9.17) is 4.74 Å². The number of rotatable bonds is 9. The lowest BCUT2D eigenvalue weighted by atomic mass is 10.0. The smallest absolute Gasteiger partial charge is 0.258 e. The first kappa shape index (κ1) is 21.3. The highest BCUT2D eigenvalue weighted by Gasteiger charge is 2.16. The van der Waals surface area contributed by atoms with Gasteiger partial charge in [0.1, 0.15) is 23.7 Å². The van der Waals surface area contributed by atoms with Crippen LogP contribution in [0.2, 0.25) is 0 Å². The van der Waals surface area contributed by atoms with Crippen molar-refractivity contribution < 1.29 is 4.74 Å². The maximum atomic E-state index is 12.6. The van der Waals surface area contributed by atoms with Crippen LogP contribution in [0.5, 0.6) is 5.75 Å². The van der Waals surface area contributed by atoms with Crippen molar-refractivity contribution in [1.29, 1.82) is 0 Å². The minimum atomic E-state index is -0.177. The predicted molar refractivity (Wildman–Crippen MR) is 128 cm³/mol. The largest absolute Gasteiger partial charge is 0.486 e. The van der Waals surface area contributed by atoms with Crippen LogP contribution in [0.25, 0.3) is 10.9 Å². The molecule has 2 aromatic carbocycles. The summed E-state index contributed by atoms with van der Waals surface area (Å²) < 4.78 is 5.90. The van der Waals surface area contributed by atoms with E-state index in [-0.39, 0.29) is 12.2 Å². The van der Waals surface area contributed by atoms with Crippen molar-refractivity contribution >= 4 is 10.9 Å². The molecule has 7 heteroatoms. The number of benzene rings is 2. The summed E-state index contributed by atoms with van der Waals surface area (Å²) in [6.07, 6.45) is 2.54. The molecule has 0 radical (unpaired) electrons. The van der Waals surface area contributed by atoms with Crippen LogP contribution in [-0.2, 0) is 19.6 Å². The second kappa shape index (κ2) is 9.94. The number of aromatic nitrogens is 3. The Kier molecular flexibility index (Phi) is 6.41. The van der Waals surface area contributed by atoms with Crippen LogP contribution < -0.4 is 20.9 Å². The zero-order valence-electron chi connectivity index (χ0n) is 18.4. The fourth-order valence-corrected chi connectivity index (χ4v) is 3.94. The van der Waals surface area contributed by atoms with E-state index in [0.717, 1.165) is 37.5 Å². The van der Waals surface area contributed by atoms with E-state index in [1.807, 2.05) is 30.3 Å². The fourth-order valence-electron chi connectivity index (χ4n) is 3.94. The highest BCUT2D eigenvalue weighted by Crippen LogP contribution is 2.17. The van der Waals surface area contributed by atoms with Gasteiger partial charge in [-0.2, -0.15) is 0 Å². The first-order chi connectivity index (χ1) is 16.2. The molecule has 168 valence electrons. The Morgan fingerprint density at radius 3 is 2.55 bits per heavy atom. The number of ether oxygens (including phenoxy) is 1. The lowest BCUT2D eigenvalue weighted by Crippen LogP contribution is -2.47. The van der Waals surface area contributed by atoms with Gasteiger partial charge >= 0.3 is 0 Å². The van der Waals surface area contributed by atoms with Crippen LogP contribution in [0.4, 0.5) is 0 Å². The van der Waals surface area contributed by atoms with Crippen LogP contribution in [0, 0.1) is 5.92 Å². The van der Waals surface area contributed by atoms with Gasteiger partial charge in [0.15, 0.2) is 0 Å². The Morgan fingerprint density at radius 1 is 1.00 bits per heavy atom. The molecule has 0 aliphatic carbocycles. The number of hydrogen-bond donors (Lipinski definition) is 3. The van der Waals surface area contributed by atoms with Gasteiger partial charge < -0.3 is 20.4 Å². The zero-order chi connectivity index (χ0) is 22.5. The average molecular weight is 442 g/mol. The molecule has 5 rings (SSSR count). The lowest BCUT2D eigenvalue weighted by molar-refractivity contribution is 0.296. The fraction of sp³-hybridized carbons (Fsp3) is 0.269. The molecule has 1 saturated heterocycles. The summed E-state index contributed by atoms with van der Waals surface area (Å²) in [4.78, 5) is 24.6. The maximum absolute atomic E-state index is 12.6. The van der Waals surface area contributed by atoms with Gasteiger partial charge in [0.2, 0.25) is 0 Å². The monoisotopic (exact) mass is 441 g/mol. The zero-order valence-corrected chi connectivity index (χ0v) is 18.4. The molecule has 0 amide bonds. The first-order valence-corrected chi connectivity index (χ1v) is 11.3. The lowest BCUT2D eigenvalue weighted by Gasteiger charge is -2.27. The second-order valence-corrected chi connectivity index (χ2v) is 8.42. The summed E-state index contributed by atoms with van der Waals surface area (Å²) in [6.45, 7) is 3.77. The van der Waals surface area contributed by atoms with Crippen molar-refractivity contribution in [2.45, 2.75) is 19.6 Å². The quantitative estimate of drug-likeness (QED) is 0.370. The van der Waals surface area contributed by atoms with Gasteiger partial charge in [0, 0.05) is 32.4 Å². The molecule has 1 aliphatic heterocycles. The number of nitrogens with zero attached hydrogens (tertiary/aromatic N) is 2. The normalized spacial score (nSPS) is 13.7. The summed E-state index contributed by atoms with van der Waals surface area (Å²) in [5, 5.41) is 7.24. The van der Waals surface area contributed by atoms with Gasteiger partial charge in [-0.15, -0.1) is 0 Å². The highest BCUT2D eigenvalue weighted by atomic mass is 16.5. The molecule has 0 unspecified atom stereocenters. The molecule has 7 nitrogen and oxygen atoms in total. The van der Waals surface area contributed by atoms with Gasteiger partial charge in [-0.05, 0) is 41.7 Å². The van der Waals surface area contributed by atoms with E-state index >= 15 is 0 Å². The van der Waals surface area contributed by atoms with Gasteiger partial charge in [0.05, 0.1) is 11.1 Å². The van der Waals surface area contributed by atoms with Crippen molar-refractivity contribution in [3.8, 4) is 5.75 Å². The van der Waals surface area contributed by atoms with E-state index in [1.165, 1.54) is 11.1 Å². The third kappa shape index (κ3) is 5.27. The molecule has 0 bridgehead atoms. The van der Waals surface area contributed by atoms with Crippen LogP contribution in [0.15, 0.2) is 71.7 Å². The summed E-state index contributed by atoms with van der Waals surface area (Å²) in [7, 11) is 0. The summed E-state index contributed by atoms with van der Waals surface area (Å²) in [5.41, 5.74) is 3.71. The van der Waals surface area contributed by atoms with Crippen molar-refractivity contribution in [3.63, 3.8) is 0 Å². The van der Waals surface area contributed by atoms with Crippen LogP contribution >= 0.6 is 0 Å². The SMILES string of the molecule is O=c1[nH]c(COc2ccc(Cc3ccccc3)cc2)nc2c(CNCC3CNC3)nccc12. The topological polar surface area (TPSA) is 91.9 Å². The Hall–Kier alpha value is -3.55. The molecule has 4 aromatic rings. The molecule has 1 fully saturated rings. The molecule has 3 heterocycles. The Morgan fingerprint density at radius 2 is 1.79 bits per heavy atom. The standard InChI is InChI=1S/C26H27N5O2/c32-26-22-10-11-29-23(16-28-15-20-13-27-14-20)25(22)30-24(31-26)17-33-21-8-6-19(7-9-21)12-18-4-2-1-3-5-18/h1-11,20,27-28H,12-17H2,(H,30,31,32). The van der Waals surface area contributed by atoms with Gasteiger partial charge in [-0.1, -0.05) is 42.5 Å². The van der Waals surface area contributed by atoms with Crippen molar-refractivity contribution in [1.82, 2.24) is 25.6 Å². The van der Waals surface area contributed by atoms with E-state index in [9.17, 15) is 4.79 Å². The second-order valence-electron chi connectivity index (χ2n) is 8.42. The Labute approximate surface area is 192 Å². The maximum Gasteiger partial charge on any atom is 0.258 e. The summed E-state index contributed by atoms with van der Waals surface area (Å²) in [6, 6.07) is 20.1. The number of H-pyrrole nitrogens is 1. The van der Waals surface area contributed by atoms with Gasteiger partial charge in [0.25, 0.3) is 5.56 Å². The molecular formula is C26H27N5O2. The van der Waals surface area contributed by atoms with Gasteiger partial charge in [-0.25, -0.2) is 4.98 Å². The molecule has 0 atom stereocenters. The van der Waals surface area contributed by atoms with Crippen molar-refractivity contribution in [3.05, 3.63) is 99.9 Å². The number of fused-ring (bicyclic) bond motifs is 1. The number of nitrogens with one attached hydrogen (secondary N) is 3. The Balaban J connectivity index is 1.25. The van der Waals surface area contributed by atoms with E-state index in [2.05, 4.69) is 49.9 Å². The number of hydrogen-bond acceptors (Lipinski definition) is 6. The molecule has 0 saturated carbocycles. The third-order valence-corrected chi connectivity index (χ3v) is 5.89. The van der Waals surface area contributed by atoms with E-state index < -0.39 is 0 Å². The molecule has 33 heavy (non-hydrogen) atoms. The Bertz CT molecular complexity index is 1270. The summed E-state index contributed by atoms with van der Waals surface area (Å²) >= 11 is 0. The number of pyridine rings is 1. The molecular weight excluding hydrogens is 414 g/mol. The summed E-state index contributed by atoms with van der Waals surface area (Å²) in [5.74, 6) is 1.87. The van der Waals surface area contributed by atoms with Crippen LogP contribution in [-0.4, -0.2) is 34.6 Å². The number of aromatic amines is 1. The molecule has 3 N–H and O–H groups in total. The van der Waals surface area contributed by atoms with E-state index in [1.54, 1.807) is 12.3 Å². The average Bonchev–Trinajstić information content (AvgIpc) is 2.81. The predicted octanol–water partition coefficient (Wildman–Crippen LogP) is 2.80. The minimum absolute atomic E-state index is 0.177. The molecule has 0 spiro atoms. The highest BCUT2D eigenvalue weighted by molar-refractivity contribution is 5.79. The van der Waals surface area contributed by atoms with Gasteiger partial charge in [-0.3, -0.25) is 9.78 Å². The minimum Gasteiger partial charge on any atom is -0.486 e. The molecule has 1 aliphatic rings. The van der Waals surface area contributed by atoms with Crippen LogP contribution in [0.3, 0.4) is 0 Å². The van der Waals surface area contributed by atoms with Crippen molar-refractivity contribution in [2.75, 3.05) is 19.6 Å². The third-order valence-electron chi connectivity index (χ3n) is 5.89. The van der Waals surface area contributed by atoms with Crippen molar-refractivity contribution in [2.24, 2.45) is 5.92 Å². The molecule has 2 aromatic heterocycles. The van der Waals surface area contributed by atoms with Crippen LogP contribution in [0.1, 0.15) is 22.6 Å². The van der Waals surface area contributed by atoms with E-state index in [0.29, 0.717) is 29.2 Å².